The molecule has 15 heteroatoms. The van der Waals surface area contributed by atoms with Crippen molar-refractivity contribution in [2.24, 2.45) is 5.92 Å². The van der Waals surface area contributed by atoms with Crippen molar-refractivity contribution >= 4 is 10.8 Å². The summed E-state index contributed by atoms with van der Waals surface area (Å²) >= 11 is 0. The number of fused-ring (bicyclic) bond motifs is 1. The third kappa shape index (κ3) is 5.93. The lowest BCUT2D eigenvalue weighted by atomic mass is 9.87. The number of nitrogens with one attached hydrogen (secondary N) is 1. The van der Waals surface area contributed by atoms with Crippen LogP contribution in [0, 0.1) is 11.7 Å². The molecule has 0 bridgehead atoms. The first-order valence-corrected chi connectivity index (χ1v) is 12.3. The van der Waals surface area contributed by atoms with Crippen LogP contribution >= 0.6 is 0 Å². The zero-order chi connectivity index (χ0) is 29.5. The molecule has 1 fully saturated rings. The molecule has 5 rings (SSSR count). The number of halogens is 7. The molecule has 1 aliphatic rings. The highest BCUT2D eigenvalue weighted by molar-refractivity contribution is 5.86. The molecule has 3 aromatic heterocycles. The lowest BCUT2D eigenvalue weighted by Crippen LogP contribution is -2.32. The summed E-state index contributed by atoms with van der Waals surface area (Å²) in [4.78, 5) is 32.1. The van der Waals surface area contributed by atoms with Crippen LogP contribution in [0.1, 0.15) is 36.8 Å². The molecule has 41 heavy (non-hydrogen) atoms. The summed E-state index contributed by atoms with van der Waals surface area (Å²) in [5.74, 6) is -2.01. The van der Waals surface area contributed by atoms with E-state index in [1.165, 1.54) is 22.9 Å². The Hall–Kier alpha value is -4.30. The van der Waals surface area contributed by atoms with Crippen molar-refractivity contribution in [3.8, 4) is 17.1 Å². The number of rotatable bonds is 5. The number of H-pyrrole nitrogens is 1. The molecule has 8 nitrogen and oxygen atoms in total. The van der Waals surface area contributed by atoms with E-state index in [0.29, 0.717) is 43.5 Å². The van der Waals surface area contributed by atoms with Crippen molar-refractivity contribution in [2.75, 3.05) is 0 Å². The second-order valence-corrected chi connectivity index (χ2v) is 9.69. The lowest BCUT2D eigenvalue weighted by molar-refractivity contribution is -0.141. The molecule has 1 aromatic carbocycles. The summed E-state index contributed by atoms with van der Waals surface area (Å²) in [5, 5.41) is 5.50. The number of hydrogen-bond acceptors (Lipinski definition) is 6. The Morgan fingerprint density at radius 2 is 1.73 bits per heavy atom. The fourth-order valence-electron chi connectivity index (χ4n) is 4.95. The van der Waals surface area contributed by atoms with Crippen LogP contribution < -0.4 is 15.9 Å². The van der Waals surface area contributed by atoms with E-state index < -0.39 is 52.3 Å². The van der Waals surface area contributed by atoms with Crippen molar-refractivity contribution in [1.29, 1.82) is 0 Å². The molecule has 2 atom stereocenters. The second kappa shape index (κ2) is 10.6. The highest BCUT2D eigenvalue weighted by Crippen LogP contribution is 2.36. The Balaban J connectivity index is 1.35. The molecule has 0 aliphatic heterocycles. The molecular weight excluding hydrogens is 563 g/mol. The van der Waals surface area contributed by atoms with Crippen LogP contribution in [0.4, 0.5) is 30.7 Å². The normalized spacial score (nSPS) is 18.0. The minimum atomic E-state index is -4.94. The number of aromatic amines is 1. The first-order valence-electron chi connectivity index (χ1n) is 12.3. The number of benzene rings is 1. The average molecular weight is 583 g/mol. The van der Waals surface area contributed by atoms with Crippen molar-refractivity contribution in [1.82, 2.24) is 24.7 Å². The van der Waals surface area contributed by atoms with E-state index in [9.17, 15) is 40.3 Å². The molecule has 1 aliphatic carbocycles. The maximum absolute atomic E-state index is 14.9. The zero-order valence-electron chi connectivity index (χ0n) is 20.9. The molecule has 1 N–H and O–H groups in total. The second-order valence-electron chi connectivity index (χ2n) is 9.69. The van der Waals surface area contributed by atoms with E-state index in [2.05, 4.69) is 15.1 Å². The summed E-state index contributed by atoms with van der Waals surface area (Å²) in [6, 6.07) is 3.78. The molecule has 3 heterocycles. The molecule has 0 saturated heterocycles. The number of ether oxygens (including phenoxy) is 1. The van der Waals surface area contributed by atoms with Gasteiger partial charge in [0, 0.05) is 25.1 Å². The van der Waals surface area contributed by atoms with Gasteiger partial charge in [0.25, 0.3) is 11.1 Å². The van der Waals surface area contributed by atoms with Gasteiger partial charge in [0.1, 0.15) is 5.82 Å². The lowest BCUT2D eigenvalue weighted by Gasteiger charge is -2.30. The molecule has 1 saturated carbocycles. The third-order valence-corrected chi connectivity index (χ3v) is 6.87. The van der Waals surface area contributed by atoms with Gasteiger partial charge in [0.2, 0.25) is 0 Å². The summed E-state index contributed by atoms with van der Waals surface area (Å²) < 4.78 is 100. The summed E-state index contributed by atoms with van der Waals surface area (Å²) in [5.41, 5.74) is -4.67. The highest BCUT2D eigenvalue weighted by Gasteiger charge is 2.39. The van der Waals surface area contributed by atoms with Gasteiger partial charge < -0.3 is 9.30 Å². The minimum Gasteiger partial charge on any atom is -0.488 e. The zero-order valence-corrected chi connectivity index (χ0v) is 20.9. The van der Waals surface area contributed by atoms with E-state index in [-0.39, 0.29) is 29.2 Å². The van der Waals surface area contributed by atoms with Crippen LogP contribution in [0.25, 0.3) is 22.2 Å². The fraction of sp³-hybridized carbons (Fsp3) is 0.346. The molecule has 0 unspecified atom stereocenters. The predicted molar refractivity (Wildman–Crippen MR) is 130 cm³/mol. The Bertz CT molecular complexity index is 1700. The van der Waals surface area contributed by atoms with E-state index in [1.807, 2.05) is 0 Å². The Kier molecular flexibility index (Phi) is 7.30. The van der Waals surface area contributed by atoms with Crippen LogP contribution in [0.2, 0.25) is 0 Å². The van der Waals surface area contributed by atoms with Gasteiger partial charge in [0.05, 0.1) is 28.8 Å². The number of aromatic nitrogens is 5. The van der Waals surface area contributed by atoms with Crippen molar-refractivity contribution < 1.29 is 35.5 Å². The smallest absolute Gasteiger partial charge is 0.425 e. The van der Waals surface area contributed by atoms with Gasteiger partial charge in [0.15, 0.2) is 17.1 Å². The number of hydrogen-bond donors (Lipinski definition) is 1. The first kappa shape index (κ1) is 28.2. The van der Waals surface area contributed by atoms with E-state index in [4.69, 9.17) is 4.74 Å². The van der Waals surface area contributed by atoms with Crippen molar-refractivity contribution in [2.45, 2.75) is 50.7 Å². The summed E-state index contributed by atoms with van der Waals surface area (Å²) in [6.45, 7) is 0.180. The van der Waals surface area contributed by atoms with Crippen LogP contribution in [-0.2, 0) is 18.9 Å². The van der Waals surface area contributed by atoms with E-state index >= 15 is 0 Å². The Morgan fingerprint density at radius 1 is 1.00 bits per heavy atom. The van der Waals surface area contributed by atoms with Crippen LogP contribution in [0.15, 0.2) is 52.6 Å². The SMILES string of the molecule is O=c1[nH]ncc(O[C@H]2CCC[C@@H](Cn3ccc4cc(-c5ncc(C(F)(F)F)cn5)c(F)cc4c3=O)C2)c1C(F)(F)F. The van der Waals surface area contributed by atoms with Gasteiger partial charge in [-0.2, -0.15) is 31.4 Å². The number of alkyl halides is 6. The number of nitrogens with zero attached hydrogens (tertiary/aromatic N) is 4. The van der Waals surface area contributed by atoms with Crippen molar-refractivity contribution in [3.63, 3.8) is 0 Å². The third-order valence-electron chi connectivity index (χ3n) is 6.87. The molecular formula is C26H20F7N5O3. The van der Waals surface area contributed by atoms with Gasteiger partial charge in [-0.15, -0.1) is 0 Å². The van der Waals surface area contributed by atoms with E-state index in [1.54, 1.807) is 5.10 Å². The van der Waals surface area contributed by atoms with Gasteiger partial charge in [-0.1, -0.05) is 0 Å². The monoisotopic (exact) mass is 583 g/mol. The van der Waals surface area contributed by atoms with Crippen molar-refractivity contribution in [3.05, 3.63) is 80.6 Å². The fourth-order valence-corrected chi connectivity index (χ4v) is 4.95. The molecule has 0 amide bonds. The van der Waals surface area contributed by atoms with Gasteiger partial charge >= 0.3 is 12.4 Å². The van der Waals surface area contributed by atoms with Gasteiger partial charge in [-0.25, -0.2) is 19.5 Å². The first-order chi connectivity index (χ1) is 19.3. The van der Waals surface area contributed by atoms with Crippen LogP contribution in [0.5, 0.6) is 5.75 Å². The summed E-state index contributed by atoms with van der Waals surface area (Å²) in [7, 11) is 0. The molecule has 0 spiro atoms. The molecule has 216 valence electrons. The standard InChI is InChI=1S/C26H20F7N5O3/c27-19-8-17-14(7-18(19)22-34-9-15(10-35-22)25(28,29)30)4-5-38(24(17)40)12-13-2-1-3-16(6-13)41-20-11-36-37-23(39)21(20)26(31,32)33/h4-5,7-11,13,16H,1-3,6,12H2,(H,37,39)/t13-,16+/m1/s1. The largest absolute Gasteiger partial charge is 0.488 e. The Labute approximate surface area is 225 Å². The number of pyridine rings is 1. The maximum atomic E-state index is 14.9. The average Bonchev–Trinajstić information content (AvgIpc) is 2.89. The molecule has 0 radical (unpaired) electrons. The van der Waals surface area contributed by atoms with Crippen LogP contribution in [0.3, 0.4) is 0 Å². The van der Waals surface area contributed by atoms with Gasteiger partial charge in [-0.05, 0) is 55.2 Å². The van der Waals surface area contributed by atoms with E-state index in [0.717, 1.165) is 12.3 Å². The Morgan fingerprint density at radius 3 is 2.41 bits per heavy atom. The molecule has 4 aromatic rings. The topological polar surface area (TPSA) is 103 Å². The highest BCUT2D eigenvalue weighted by atomic mass is 19.4. The summed E-state index contributed by atoms with van der Waals surface area (Å²) in [6.07, 6.45) is -4.88. The quantitative estimate of drug-likeness (QED) is 0.318. The maximum Gasteiger partial charge on any atom is 0.425 e. The predicted octanol–water partition coefficient (Wildman–Crippen LogP) is 5.36. The minimum absolute atomic E-state index is 0.0219. The van der Waals surface area contributed by atoms with Crippen LogP contribution in [-0.4, -0.2) is 30.8 Å². The van der Waals surface area contributed by atoms with Gasteiger partial charge in [-0.3, -0.25) is 9.59 Å².